The van der Waals surface area contributed by atoms with Gasteiger partial charge in [0.05, 0.1) is 11.1 Å². The number of allylic oxidation sites excluding steroid dienone is 2. The van der Waals surface area contributed by atoms with E-state index >= 15 is 0 Å². The summed E-state index contributed by atoms with van der Waals surface area (Å²) in [5, 5.41) is 27.1. The Hall–Kier alpha value is -3.24. The highest BCUT2D eigenvalue weighted by molar-refractivity contribution is 5.58. The summed E-state index contributed by atoms with van der Waals surface area (Å²) in [5.74, 6) is -3.84. The topological polar surface area (TPSA) is 80.6 Å². The molecule has 1 aliphatic heterocycles. The zero-order valence-corrected chi connectivity index (χ0v) is 12.0. The molecule has 0 amide bonds. The smallest absolute Gasteiger partial charge is 0.172 e. The van der Waals surface area contributed by atoms with Crippen LogP contribution in [0.15, 0.2) is 34.6 Å². The second-order valence-electron chi connectivity index (χ2n) is 4.92. The van der Waals surface area contributed by atoms with Gasteiger partial charge in [-0.05, 0) is 19.4 Å². The fraction of sp³-hybridized carbons (Fsp3) is 0.188. The molecule has 0 spiro atoms. The second kappa shape index (κ2) is 5.51. The molecule has 114 valence electrons. The van der Waals surface area contributed by atoms with Crippen LogP contribution in [0.5, 0.6) is 0 Å². The Bertz CT molecular complexity index is 858. The van der Waals surface area contributed by atoms with Crippen molar-refractivity contribution < 1.29 is 17.9 Å². The molecular formula is C16H8F3N3O. The summed E-state index contributed by atoms with van der Waals surface area (Å²) in [7, 11) is 0. The van der Waals surface area contributed by atoms with E-state index in [1.54, 1.807) is 18.2 Å². The van der Waals surface area contributed by atoms with E-state index in [1.165, 1.54) is 13.8 Å². The first-order chi connectivity index (χ1) is 10.8. The minimum absolute atomic E-state index is 0.113. The number of hydrogen-bond acceptors (Lipinski definition) is 4. The van der Waals surface area contributed by atoms with Gasteiger partial charge >= 0.3 is 0 Å². The Kier molecular flexibility index (Phi) is 3.87. The van der Waals surface area contributed by atoms with E-state index < -0.39 is 34.2 Å². The molecule has 4 nitrogen and oxygen atoms in total. The predicted molar refractivity (Wildman–Crippen MR) is 71.3 cm³/mol. The number of rotatable bonds is 1. The summed E-state index contributed by atoms with van der Waals surface area (Å²) in [6.45, 7) is 2.67. The average Bonchev–Trinajstić information content (AvgIpc) is 2.71. The van der Waals surface area contributed by atoms with Crippen molar-refractivity contribution in [1.29, 1.82) is 15.8 Å². The molecule has 1 atom stereocenters. The van der Waals surface area contributed by atoms with Crippen molar-refractivity contribution in [2.75, 3.05) is 0 Å². The third kappa shape index (κ3) is 2.31. The Balaban J connectivity index is 2.80. The van der Waals surface area contributed by atoms with Crippen molar-refractivity contribution in [3.63, 3.8) is 0 Å². The molecule has 0 fully saturated rings. The lowest BCUT2D eigenvalue weighted by molar-refractivity contribution is 0.0654. The lowest BCUT2D eigenvalue weighted by Gasteiger charge is -2.27. The number of ether oxygens (including phenoxy) is 1. The third-order valence-corrected chi connectivity index (χ3v) is 3.67. The average molecular weight is 315 g/mol. The van der Waals surface area contributed by atoms with E-state index in [4.69, 9.17) is 15.3 Å². The first kappa shape index (κ1) is 16.1. The van der Waals surface area contributed by atoms with Gasteiger partial charge in [-0.2, -0.15) is 15.8 Å². The SMILES string of the molecule is CC1=C(C#N)C(=C(C#N)C#N)OC1(C)c1c(F)cc(F)cc1F. The molecule has 1 heterocycles. The van der Waals surface area contributed by atoms with Gasteiger partial charge in [-0.25, -0.2) is 13.2 Å². The Morgan fingerprint density at radius 3 is 2.04 bits per heavy atom. The minimum Gasteiger partial charge on any atom is -0.475 e. The maximum absolute atomic E-state index is 14.1. The van der Waals surface area contributed by atoms with Crippen LogP contribution in [0.2, 0.25) is 0 Å². The van der Waals surface area contributed by atoms with Gasteiger partial charge in [0.2, 0.25) is 0 Å². The van der Waals surface area contributed by atoms with Crippen LogP contribution in [0.1, 0.15) is 19.4 Å². The maximum atomic E-state index is 14.1. The number of halogens is 3. The van der Waals surface area contributed by atoms with Gasteiger partial charge in [0.1, 0.15) is 35.7 Å². The largest absolute Gasteiger partial charge is 0.475 e. The van der Waals surface area contributed by atoms with Crippen molar-refractivity contribution in [2.24, 2.45) is 0 Å². The van der Waals surface area contributed by atoms with Crippen LogP contribution in [0.4, 0.5) is 13.2 Å². The fourth-order valence-electron chi connectivity index (χ4n) is 2.41. The van der Waals surface area contributed by atoms with Crippen molar-refractivity contribution in [3.8, 4) is 18.2 Å². The quantitative estimate of drug-likeness (QED) is 0.743. The molecule has 0 N–H and O–H groups in total. The maximum Gasteiger partial charge on any atom is 0.172 e. The number of hydrogen-bond donors (Lipinski definition) is 0. The molecule has 0 aliphatic carbocycles. The van der Waals surface area contributed by atoms with Crippen LogP contribution in [0, 0.1) is 51.4 Å². The van der Waals surface area contributed by atoms with Gasteiger partial charge in [-0.3, -0.25) is 0 Å². The molecule has 1 unspecified atom stereocenters. The zero-order valence-electron chi connectivity index (χ0n) is 12.0. The van der Waals surface area contributed by atoms with E-state index in [2.05, 4.69) is 0 Å². The van der Waals surface area contributed by atoms with Crippen LogP contribution in [-0.4, -0.2) is 0 Å². The lowest BCUT2D eigenvalue weighted by Crippen LogP contribution is -2.26. The third-order valence-electron chi connectivity index (χ3n) is 3.67. The van der Waals surface area contributed by atoms with Crippen molar-refractivity contribution >= 4 is 0 Å². The van der Waals surface area contributed by atoms with Gasteiger partial charge in [-0.15, -0.1) is 0 Å². The van der Waals surface area contributed by atoms with Crippen molar-refractivity contribution in [2.45, 2.75) is 19.4 Å². The van der Waals surface area contributed by atoms with Gasteiger partial charge in [0.15, 0.2) is 16.9 Å². The Morgan fingerprint density at radius 1 is 1.09 bits per heavy atom. The van der Waals surface area contributed by atoms with E-state index in [1.807, 2.05) is 0 Å². The number of nitrogens with zero attached hydrogens (tertiary/aromatic N) is 3. The van der Waals surface area contributed by atoms with E-state index in [-0.39, 0.29) is 16.9 Å². The summed E-state index contributed by atoms with van der Waals surface area (Å²) < 4.78 is 46.7. The first-order valence-corrected chi connectivity index (χ1v) is 6.30. The molecular weight excluding hydrogens is 307 g/mol. The highest BCUT2D eigenvalue weighted by Crippen LogP contribution is 2.47. The van der Waals surface area contributed by atoms with Gasteiger partial charge in [0, 0.05) is 12.1 Å². The molecule has 1 aromatic carbocycles. The summed E-state index contributed by atoms with van der Waals surface area (Å²) in [4.78, 5) is 0. The molecule has 23 heavy (non-hydrogen) atoms. The van der Waals surface area contributed by atoms with Crippen molar-refractivity contribution in [3.05, 3.63) is 57.6 Å². The molecule has 7 heteroatoms. The summed E-state index contributed by atoms with van der Waals surface area (Å²) in [6.07, 6.45) is 0. The molecule has 0 saturated heterocycles. The summed E-state index contributed by atoms with van der Waals surface area (Å²) in [6, 6.07) is 5.88. The predicted octanol–water partition coefficient (Wildman–Crippen LogP) is 3.49. The van der Waals surface area contributed by atoms with Crippen LogP contribution in [0.3, 0.4) is 0 Å². The summed E-state index contributed by atoms with van der Waals surface area (Å²) >= 11 is 0. The van der Waals surface area contributed by atoms with Crippen LogP contribution >= 0.6 is 0 Å². The lowest BCUT2D eigenvalue weighted by atomic mass is 9.87. The zero-order chi connectivity index (χ0) is 17.4. The van der Waals surface area contributed by atoms with E-state index in [0.717, 1.165) is 0 Å². The van der Waals surface area contributed by atoms with Gasteiger partial charge < -0.3 is 4.74 Å². The molecule has 0 aromatic heterocycles. The monoisotopic (exact) mass is 315 g/mol. The first-order valence-electron chi connectivity index (χ1n) is 6.30. The van der Waals surface area contributed by atoms with E-state index in [9.17, 15) is 18.4 Å². The van der Waals surface area contributed by atoms with Crippen LogP contribution in [0.25, 0.3) is 0 Å². The second-order valence-corrected chi connectivity index (χ2v) is 4.92. The minimum atomic E-state index is -1.78. The molecule has 0 saturated carbocycles. The molecule has 0 bridgehead atoms. The Labute approximate surface area is 129 Å². The fourth-order valence-corrected chi connectivity index (χ4v) is 2.41. The van der Waals surface area contributed by atoms with Crippen molar-refractivity contribution in [1.82, 2.24) is 0 Å². The van der Waals surface area contributed by atoms with E-state index in [0.29, 0.717) is 12.1 Å². The highest BCUT2D eigenvalue weighted by Gasteiger charge is 2.46. The standard InChI is InChI=1S/C16H8F3N3O/c1-8-11(7-22)15(9(5-20)6-21)23-16(8,2)14-12(18)3-10(17)4-13(14)19/h3-4H,1-2H3. The number of nitriles is 3. The molecule has 1 aliphatic rings. The van der Waals surface area contributed by atoms with Crippen LogP contribution in [-0.2, 0) is 10.3 Å². The normalized spacial score (nSPS) is 19.7. The molecule has 1 aromatic rings. The number of benzene rings is 1. The highest BCUT2D eigenvalue weighted by atomic mass is 19.1. The summed E-state index contributed by atoms with van der Waals surface area (Å²) in [5.41, 5.74) is -2.92. The Morgan fingerprint density at radius 2 is 1.61 bits per heavy atom. The molecule has 2 rings (SSSR count). The van der Waals surface area contributed by atoms with Gasteiger partial charge in [-0.1, -0.05) is 0 Å². The van der Waals surface area contributed by atoms with Gasteiger partial charge in [0.25, 0.3) is 0 Å². The van der Waals surface area contributed by atoms with Crippen LogP contribution < -0.4 is 0 Å². The molecule has 0 radical (unpaired) electrons.